The molecule has 1 aromatic heterocycles. The zero-order valence-corrected chi connectivity index (χ0v) is 19.6. The summed E-state index contributed by atoms with van der Waals surface area (Å²) >= 11 is 0. The number of ether oxygens (including phenoxy) is 5. The molecule has 0 aliphatic rings. The van der Waals surface area contributed by atoms with Gasteiger partial charge in [-0.15, -0.1) is 0 Å². The van der Waals surface area contributed by atoms with Crippen molar-refractivity contribution in [3.05, 3.63) is 23.7 Å². The van der Waals surface area contributed by atoms with Crippen LogP contribution in [0.5, 0.6) is 0 Å². The first-order valence-corrected chi connectivity index (χ1v) is 11.3. The molecular formula is C23H34O11. The van der Waals surface area contributed by atoms with E-state index in [4.69, 9.17) is 33.2 Å². The van der Waals surface area contributed by atoms with Gasteiger partial charge in [-0.1, -0.05) is 0 Å². The normalized spacial score (nSPS) is 10.5. The van der Waals surface area contributed by atoms with Gasteiger partial charge in [0.1, 0.15) is 0 Å². The van der Waals surface area contributed by atoms with E-state index in [1.165, 1.54) is 12.1 Å². The quantitative estimate of drug-likeness (QED) is 0.175. The van der Waals surface area contributed by atoms with Crippen molar-refractivity contribution in [3.63, 3.8) is 0 Å². The van der Waals surface area contributed by atoms with Crippen molar-refractivity contribution in [3.8, 4) is 0 Å². The van der Waals surface area contributed by atoms with Gasteiger partial charge in [0.15, 0.2) is 0 Å². The molecule has 1 N–H and O–H groups in total. The van der Waals surface area contributed by atoms with Gasteiger partial charge in [-0.25, -0.2) is 9.59 Å². The van der Waals surface area contributed by atoms with Crippen LogP contribution in [0.4, 0.5) is 0 Å². The number of unbranched alkanes of at least 4 members (excludes halogenated alkanes) is 3. The third-order valence-electron chi connectivity index (χ3n) is 4.37. The van der Waals surface area contributed by atoms with Crippen LogP contribution in [0.2, 0.25) is 0 Å². The van der Waals surface area contributed by atoms with Crippen molar-refractivity contribution in [1.29, 1.82) is 0 Å². The molecule has 0 saturated heterocycles. The summed E-state index contributed by atoms with van der Waals surface area (Å²) in [6.45, 7) is 1.27. The fourth-order valence-corrected chi connectivity index (χ4v) is 2.52. The first-order chi connectivity index (χ1) is 16.5. The fourth-order valence-electron chi connectivity index (χ4n) is 2.52. The van der Waals surface area contributed by atoms with E-state index in [0.29, 0.717) is 38.7 Å². The molecular weight excluding hydrogens is 452 g/mol. The highest BCUT2D eigenvalue weighted by atomic mass is 16.6. The van der Waals surface area contributed by atoms with Gasteiger partial charge in [-0.3, -0.25) is 9.59 Å². The fraction of sp³-hybridized carbons (Fsp3) is 0.652. The summed E-state index contributed by atoms with van der Waals surface area (Å²) in [6, 6.07) is 2.68. The lowest BCUT2D eigenvalue weighted by atomic mass is 10.3. The van der Waals surface area contributed by atoms with Crippen molar-refractivity contribution in [2.75, 3.05) is 46.8 Å². The van der Waals surface area contributed by atoms with Gasteiger partial charge in [0.25, 0.3) is 0 Å². The first kappa shape index (κ1) is 29.1. The number of rotatable bonds is 19. The Kier molecular flexibility index (Phi) is 15.8. The van der Waals surface area contributed by atoms with Crippen molar-refractivity contribution in [2.24, 2.45) is 0 Å². The summed E-state index contributed by atoms with van der Waals surface area (Å²) in [7, 11) is 1.60. The average molecular weight is 487 g/mol. The Morgan fingerprint density at radius 1 is 0.676 bits per heavy atom. The topological polar surface area (TPSA) is 148 Å². The Morgan fingerprint density at radius 3 is 1.53 bits per heavy atom. The zero-order chi connectivity index (χ0) is 25.0. The predicted octanol–water partition coefficient (Wildman–Crippen LogP) is 2.44. The third kappa shape index (κ3) is 13.6. The number of carbonyl (C=O) groups excluding carboxylic acids is 4. The molecule has 0 aromatic carbocycles. The number of carbonyl (C=O) groups is 4. The molecule has 0 bridgehead atoms. The largest absolute Gasteiger partial charge is 0.466 e. The van der Waals surface area contributed by atoms with Crippen LogP contribution in [0.25, 0.3) is 0 Å². The smallest absolute Gasteiger partial charge is 0.374 e. The second-order valence-electron chi connectivity index (χ2n) is 7.21. The van der Waals surface area contributed by atoms with E-state index in [-0.39, 0.29) is 57.4 Å². The predicted molar refractivity (Wildman–Crippen MR) is 117 cm³/mol. The maximum absolute atomic E-state index is 12.0. The van der Waals surface area contributed by atoms with Crippen LogP contribution in [0.15, 0.2) is 16.5 Å². The molecule has 1 heterocycles. The van der Waals surface area contributed by atoms with Crippen LogP contribution in [-0.4, -0.2) is 75.7 Å². The number of aliphatic hydroxyl groups is 1. The minimum Gasteiger partial charge on any atom is -0.466 e. The average Bonchev–Trinajstić information content (AvgIpc) is 3.33. The Balaban J connectivity index is 2.10. The molecule has 1 rings (SSSR count). The van der Waals surface area contributed by atoms with Crippen LogP contribution >= 0.6 is 0 Å². The van der Waals surface area contributed by atoms with E-state index in [0.717, 1.165) is 6.42 Å². The number of aliphatic hydroxyl groups excluding tert-OH is 1. The number of furan rings is 1. The Bertz CT molecular complexity index is 741. The van der Waals surface area contributed by atoms with Gasteiger partial charge in [-0.05, 0) is 50.7 Å². The second-order valence-corrected chi connectivity index (χ2v) is 7.21. The Morgan fingerprint density at radius 2 is 1.09 bits per heavy atom. The maximum Gasteiger partial charge on any atom is 0.374 e. The second kappa shape index (κ2) is 18.5. The zero-order valence-electron chi connectivity index (χ0n) is 19.6. The van der Waals surface area contributed by atoms with Crippen molar-refractivity contribution in [2.45, 2.75) is 51.4 Å². The van der Waals surface area contributed by atoms with Gasteiger partial charge in [0.05, 0.1) is 39.3 Å². The van der Waals surface area contributed by atoms with Gasteiger partial charge in [0, 0.05) is 20.3 Å². The van der Waals surface area contributed by atoms with Crippen molar-refractivity contribution >= 4 is 23.9 Å². The number of hydrogen-bond acceptors (Lipinski definition) is 11. The molecule has 0 atom stereocenters. The molecule has 0 aliphatic carbocycles. The van der Waals surface area contributed by atoms with Crippen molar-refractivity contribution in [1.82, 2.24) is 0 Å². The molecule has 0 unspecified atom stereocenters. The van der Waals surface area contributed by atoms with Crippen LogP contribution in [0.3, 0.4) is 0 Å². The number of esters is 4. The SMILES string of the molecule is COCCCCOC(=O)c1ccc(C(=O)OCCCCOC(=O)CCC(=O)OCCCCO)o1. The van der Waals surface area contributed by atoms with Gasteiger partial charge < -0.3 is 33.2 Å². The highest BCUT2D eigenvalue weighted by Gasteiger charge is 2.18. The molecule has 0 aliphatic heterocycles. The molecule has 11 heteroatoms. The van der Waals surface area contributed by atoms with E-state index in [1.807, 2.05) is 0 Å². The van der Waals surface area contributed by atoms with Crippen LogP contribution < -0.4 is 0 Å². The van der Waals surface area contributed by atoms with Gasteiger partial charge >= 0.3 is 23.9 Å². The molecule has 1 aromatic rings. The lowest BCUT2D eigenvalue weighted by molar-refractivity contribution is -0.150. The monoisotopic (exact) mass is 486 g/mol. The van der Waals surface area contributed by atoms with E-state index >= 15 is 0 Å². The lowest BCUT2D eigenvalue weighted by Crippen LogP contribution is -2.12. The van der Waals surface area contributed by atoms with Crippen LogP contribution in [0.1, 0.15) is 72.5 Å². The van der Waals surface area contributed by atoms with E-state index < -0.39 is 23.9 Å². The summed E-state index contributed by atoms with van der Waals surface area (Å²) < 4.78 is 30.1. The molecule has 0 radical (unpaired) electrons. The standard InChI is InChI=1S/C23H34O11/c1-29-13-4-5-16-32-22(27)18-8-9-19(34-18)23(28)33-17-7-6-15-31-21(26)11-10-20(25)30-14-3-2-12-24/h8-9,24H,2-7,10-17H2,1H3. The minimum atomic E-state index is -0.714. The van der Waals surface area contributed by atoms with Gasteiger partial charge in [-0.2, -0.15) is 0 Å². The molecule has 34 heavy (non-hydrogen) atoms. The van der Waals surface area contributed by atoms with Crippen LogP contribution in [0, 0.1) is 0 Å². The molecule has 0 amide bonds. The Labute approximate surface area is 198 Å². The number of hydrogen-bond donors (Lipinski definition) is 1. The first-order valence-electron chi connectivity index (χ1n) is 11.3. The highest BCUT2D eigenvalue weighted by molar-refractivity contribution is 5.90. The summed E-state index contributed by atoms with van der Waals surface area (Å²) in [6.07, 6.45) is 3.31. The Hall–Kier alpha value is -2.92. The van der Waals surface area contributed by atoms with Gasteiger partial charge in [0.2, 0.25) is 11.5 Å². The number of methoxy groups -OCH3 is 1. The summed E-state index contributed by atoms with van der Waals surface area (Å²) in [5, 5.41) is 8.64. The van der Waals surface area contributed by atoms with E-state index in [9.17, 15) is 19.2 Å². The summed E-state index contributed by atoms with van der Waals surface area (Å²) in [4.78, 5) is 46.9. The molecule has 0 saturated carbocycles. The van der Waals surface area contributed by atoms with Crippen LogP contribution in [-0.2, 0) is 33.3 Å². The molecule has 11 nitrogen and oxygen atoms in total. The molecule has 192 valence electrons. The summed E-state index contributed by atoms with van der Waals surface area (Å²) in [5.41, 5.74) is 0. The molecule has 0 fully saturated rings. The molecule has 0 spiro atoms. The summed E-state index contributed by atoms with van der Waals surface area (Å²) in [5.74, 6) is -2.57. The maximum atomic E-state index is 12.0. The minimum absolute atomic E-state index is 0.0413. The lowest BCUT2D eigenvalue weighted by Gasteiger charge is -2.06. The van der Waals surface area contributed by atoms with Crippen molar-refractivity contribution < 1.29 is 52.4 Å². The van der Waals surface area contributed by atoms with E-state index in [2.05, 4.69) is 0 Å². The third-order valence-corrected chi connectivity index (χ3v) is 4.37. The highest BCUT2D eigenvalue weighted by Crippen LogP contribution is 2.11. The van der Waals surface area contributed by atoms with E-state index in [1.54, 1.807) is 7.11 Å².